The number of carbonyl (C=O) groups is 1. The van der Waals surface area contributed by atoms with Crippen LogP contribution in [0, 0.1) is 5.92 Å². The molecule has 1 aromatic rings. The van der Waals surface area contributed by atoms with E-state index in [-0.39, 0.29) is 5.56 Å². The van der Waals surface area contributed by atoms with Gasteiger partial charge in [0.1, 0.15) is 16.5 Å². The lowest BCUT2D eigenvalue weighted by Crippen LogP contribution is -2.31. The van der Waals surface area contributed by atoms with E-state index in [1.54, 1.807) is 0 Å². The number of hydrogen-bond donors (Lipinski definition) is 1. The van der Waals surface area contributed by atoms with Gasteiger partial charge < -0.3 is 10.0 Å². The van der Waals surface area contributed by atoms with Crippen LogP contribution in [-0.4, -0.2) is 29.7 Å². The molecule has 1 saturated carbocycles. The van der Waals surface area contributed by atoms with Gasteiger partial charge in [0.2, 0.25) is 0 Å². The lowest BCUT2D eigenvalue weighted by molar-refractivity contribution is 0.0697. The summed E-state index contributed by atoms with van der Waals surface area (Å²) >= 11 is 5.82. The molecule has 0 saturated heterocycles. The molecule has 1 aliphatic rings. The maximum Gasteiger partial charge on any atom is 0.339 e. The highest BCUT2D eigenvalue weighted by Gasteiger charge is 2.22. The number of pyridine rings is 1. The molecule has 0 unspecified atom stereocenters. The van der Waals surface area contributed by atoms with E-state index in [1.165, 1.54) is 31.4 Å². The van der Waals surface area contributed by atoms with Gasteiger partial charge in [-0.2, -0.15) is 0 Å². The minimum absolute atomic E-state index is 0.205. The van der Waals surface area contributed by atoms with Crippen LogP contribution < -0.4 is 4.90 Å². The van der Waals surface area contributed by atoms with E-state index in [9.17, 15) is 4.79 Å². The number of nitrogens with zero attached hydrogens (tertiary/aromatic N) is 2. The molecule has 0 spiro atoms. The second-order valence-corrected chi connectivity index (χ2v) is 4.87. The standard InChI is InChI=1S/C12H15ClN2O2/c1-15(7-8-3-2-4-8)11-9(12(16)17)5-6-10(13)14-11/h5-6,8H,2-4,7H2,1H3,(H,16,17). The maximum atomic E-state index is 11.1. The van der Waals surface area contributed by atoms with Gasteiger partial charge >= 0.3 is 5.97 Å². The monoisotopic (exact) mass is 254 g/mol. The van der Waals surface area contributed by atoms with E-state index in [1.807, 2.05) is 11.9 Å². The number of aromatic carboxylic acids is 1. The number of hydrogen-bond acceptors (Lipinski definition) is 3. The molecule has 1 N–H and O–H groups in total. The Morgan fingerprint density at radius 2 is 2.29 bits per heavy atom. The predicted octanol–water partition coefficient (Wildman–Crippen LogP) is 2.67. The largest absolute Gasteiger partial charge is 0.478 e. The van der Waals surface area contributed by atoms with Crippen molar-refractivity contribution in [2.45, 2.75) is 19.3 Å². The third-order valence-corrected chi connectivity index (χ3v) is 3.40. The van der Waals surface area contributed by atoms with E-state index in [0.29, 0.717) is 16.9 Å². The molecular formula is C12H15ClN2O2. The Kier molecular flexibility index (Phi) is 3.52. The molecule has 1 fully saturated rings. The van der Waals surface area contributed by atoms with Crippen molar-refractivity contribution in [2.24, 2.45) is 5.92 Å². The van der Waals surface area contributed by atoms with Gasteiger partial charge in [-0.25, -0.2) is 9.78 Å². The Bertz CT molecular complexity index is 433. The minimum atomic E-state index is -0.968. The average molecular weight is 255 g/mol. The van der Waals surface area contributed by atoms with Crippen LogP contribution in [-0.2, 0) is 0 Å². The van der Waals surface area contributed by atoms with E-state index in [2.05, 4.69) is 4.98 Å². The molecule has 4 nitrogen and oxygen atoms in total. The molecule has 5 heteroatoms. The summed E-state index contributed by atoms with van der Waals surface area (Å²) in [5.74, 6) is 0.143. The summed E-state index contributed by atoms with van der Waals surface area (Å²) in [6.45, 7) is 0.841. The van der Waals surface area contributed by atoms with Crippen molar-refractivity contribution in [1.82, 2.24) is 4.98 Å². The molecule has 0 amide bonds. The van der Waals surface area contributed by atoms with Crippen molar-refractivity contribution in [3.8, 4) is 0 Å². The molecule has 1 aromatic heterocycles. The number of rotatable bonds is 4. The molecule has 0 radical (unpaired) electrons. The van der Waals surface area contributed by atoms with E-state index in [4.69, 9.17) is 16.7 Å². The summed E-state index contributed by atoms with van der Waals surface area (Å²) < 4.78 is 0. The summed E-state index contributed by atoms with van der Waals surface area (Å²) in [6, 6.07) is 3.01. The molecule has 0 bridgehead atoms. The van der Waals surface area contributed by atoms with Crippen molar-refractivity contribution in [1.29, 1.82) is 0 Å². The zero-order valence-electron chi connectivity index (χ0n) is 9.69. The first-order chi connectivity index (χ1) is 8.08. The second kappa shape index (κ2) is 4.92. The quantitative estimate of drug-likeness (QED) is 0.840. The van der Waals surface area contributed by atoms with Crippen LogP contribution in [0.1, 0.15) is 29.6 Å². The van der Waals surface area contributed by atoms with Crippen LogP contribution >= 0.6 is 11.6 Å². The van der Waals surface area contributed by atoms with Gasteiger partial charge in [-0.05, 0) is 30.9 Å². The summed E-state index contributed by atoms with van der Waals surface area (Å²) in [4.78, 5) is 17.1. The summed E-state index contributed by atoms with van der Waals surface area (Å²) in [6.07, 6.45) is 3.70. The fraction of sp³-hybridized carbons (Fsp3) is 0.500. The van der Waals surface area contributed by atoms with Gasteiger partial charge in [0.25, 0.3) is 0 Å². The lowest BCUT2D eigenvalue weighted by Gasteiger charge is -2.31. The Balaban J connectivity index is 2.21. The zero-order chi connectivity index (χ0) is 12.4. The molecule has 1 aliphatic carbocycles. The number of carboxylic acid groups (broad SMARTS) is 1. The Morgan fingerprint density at radius 1 is 1.59 bits per heavy atom. The van der Waals surface area contributed by atoms with Crippen molar-refractivity contribution in [2.75, 3.05) is 18.5 Å². The van der Waals surface area contributed by atoms with Gasteiger partial charge in [-0.15, -0.1) is 0 Å². The van der Waals surface area contributed by atoms with Crippen LogP contribution in [0.5, 0.6) is 0 Å². The van der Waals surface area contributed by atoms with Crippen molar-refractivity contribution in [3.05, 3.63) is 22.8 Å². The molecule has 0 aliphatic heterocycles. The number of anilines is 1. The Hall–Kier alpha value is -1.29. The highest BCUT2D eigenvalue weighted by molar-refractivity contribution is 6.29. The van der Waals surface area contributed by atoms with Gasteiger partial charge in [0.15, 0.2) is 0 Å². The van der Waals surface area contributed by atoms with Crippen LogP contribution in [0.25, 0.3) is 0 Å². The maximum absolute atomic E-state index is 11.1. The van der Waals surface area contributed by atoms with E-state index >= 15 is 0 Å². The summed E-state index contributed by atoms with van der Waals surface area (Å²) in [5.41, 5.74) is 0.205. The molecule has 92 valence electrons. The summed E-state index contributed by atoms with van der Waals surface area (Å²) in [5, 5.41) is 9.43. The van der Waals surface area contributed by atoms with Crippen molar-refractivity contribution < 1.29 is 9.90 Å². The molecule has 0 atom stereocenters. The highest BCUT2D eigenvalue weighted by Crippen LogP contribution is 2.29. The van der Waals surface area contributed by atoms with Crippen molar-refractivity contribution >= 4 is 23.4 Å². The first kappa shape index (κ1) is 12.2. The van der Waals surface area contributed by atoms with E-state index < -0.39 is 5.97 Å². The molecular weight excluding hydrogens is 240 g/mol. The molecule has 2 rings (SSSR count). The topological polar surface area (TPSA) is 53.4 Å². The summed E-state index contributed by atoms with van der Waals surface area (Å²) in [7, 11) is 1.86. The van der Waals surface area contributed by atoms with Crippen LogP contribution in [0.2, 0.25) is 5.15 Å². The van der Waals surface area contributed by atoms with Crippen LogP contribution in [0.4, 0.5) is 5.82 Å². The smallest absolute Gasteiger partial charge is 0.339 e. The van der Waals surface area contributed by atoms with Gasteiger partial charge in [0, 0.05) is 13.6 Å². The number of halogens is 1. The fourth-order valence-electron chi connectivity index (χ4n) is 2.03. The molecule has 17 heavy (non-hydrogen) atoms. The van der Waals surface area contributed by atoms with Crippen LogP contribution in [0.3, 0.4) is 0 Å². The normalized spacial score (nSPS) is 15.4. The van der Waals surface area contributed by atoms with Gasteiger partial charge in [-0.1, -0.05) is 18.0 Å². The average Bonchev–Trinajstić information content (AvgIpc) is 2.22. The third kappa shape index (κ3) is 2.69. The van der Waals surface area contributed by atoms with Crippen LogP contribution in [0.15, 0.2) is 12.1 Å². The third-order valence-electron chi connectivity index (χ3n) is 3.19. The van der Waals surface area contributed by atoms with Gasteiger partial charge in [-0.3, -0.25) is 0 Å². The minimum Gasteiger partial charge on any atom is -0.478 e. The molecule has 0 aromatic carbocycles. The number of carboxylic acids is 1. The van der Waals surface area contributed by atoms with E-state index in [0.717, 1.165) is 6.54 Å². The lowest BCUT2D eigenvalue weighted by atomic mass is 9.85. The SMILES string of the molecule is CN(CC1CCC1)c1nc(Cl)ccc1C(=O)O. The fourth-order valence-corrected chi connectivity index (χ4v) is 2.18. The first-order valence-corrected chi connectivity index (χ1v) is 6.06. The second-order valence-electron chi connectivity index (χ2n) is 4.49. The highest BCUT2D eigenvalue weighted by atomic mass is 35.5. The Morgan fingerprint density at radius 3 is 2.82 bits per heavy atom. The van der Waals surface area contributed by atoms with Crippen molar-refractivity contribution in [3.63, 3.8) is 0 Å². The number of aromatic nitrogens is 1. The first-order valence-electron chi connectivity index (χ1n) is 5.69. The zero-order valence-corrected chi connectivity index (χ0v) is 10.4. The Labute approximate surface area is 105 Å². The van der Waals surface area contributed by atoms with Gasteiger partial charge in [0.05, 0.1) is 0 Å². The predicted molar refractivity (Wildman–Crippen MR) is 66.8 cm³/mol. The molecule has 1 heterocycles.